The normalized spacial score (nSPS) is 31.9. The largest absolute Gasteiger partial charge is 0.382 e. The smallest absolute Gasteiger partial charge is 0.0342 e. The molecule has 1 saturated carbocycles. The maximum atomic E-state index is 3.73. The maximum Gasteiger partial charge on any atom is 0.0342 e. The van der Waals surface area contributed by atoms with Crippen molar-refractivity contribution in [3.63, 3.8) is 0 Å². The topological polar surface area (TPSA) is 12.0 Å². The van der Waals surface area contributed by atoms with Gasteiger partial charge in [0.15, 0.2) is 0 Å². The van der Waals surface area contributed by atoms with Crippen molar-refractivity contribution in [3.8, 4) is 0 Å². The van der Waals surface area contributed by atoms with E-state index in [2.05, 4.69) is 47.8 Å². The van der Waals surface area contributed by atoms with Gasteiger partial charge in [0.2, 0.25) is 0 Å². The first kappa shape index (κ1) is 10.9. The van der Waals surface area contributed by atoms with Gasteiger partial charge >= 0.3 is 0 Å². The van der Waals surface area contributed by atoms with Crippen molar-refractivity contribution in [2.75, 3.05) is 5.32 Å². The van der Waals surface area contributed by atoms with E-state index in [1.807, 2.05) is 0 Å². The molecule has 0 amide bonds. The molecule has 2 unspecified atom stereocenters. The number of nitrogens with one attached hydrogen (secondary N) is 1. The van der Waals surface area contributed by atoms with E-state index in [0.717, 1.165) is 11.8 Å². The third kappa shape index (κ3) is 2.38. The van der Waals surface area contributed by atoms with Gasteiger partial charge in [0.1, 0.15) is 0 Å². The van der Waals surface area contributed by atoms with Crippen molar-refractivity contribution in [2.24, 2.45) is 11.8 Å². The van der Waals surface area contributed by atoms with Crippen LogP contribution in [0.5, 0.6) is 0 Å². The molecule has 90 valence electrons. The van der Waals surface area contributed by atoms with Crippen LogP contribution in [0.3, 0.4) is 0 Å². The number of rotatable bonds is 2. The van der Waals surface area contributed by atoms with Crippen LogP contribution in [-0.4, -0.2) is 6.04 Å². The van der Waals surface area contributed by atoms with E-state index >= 15 is 0 Å². The molecule has 3 rings (SSSR count). The number of anilines is 1. The van der Waals surface area contributed by atoms with E-state index in [-0.39, 0.29) is 0 Å². The molecule has 17 heavy (non-hydrogen) atoms. The fraction of sp³-hybridized carbons (Fsp3) is 0.500. The molecule has 0 aliphatic heterocycles. The lowest BCUT2D eigenvalue weighted by Gasteiger charge is -2.39. The fourth-order valence-electron chi connectivity index (χ4n) is 3.42. The first-order valence-corrected chi connectivity index (χ1v) is 6.92. The Hall–Kier alpha value is -1.24. The molecule has 0 saturated heterocycles. The van der Waals surface area contributed by atoms with Gasteiger partial charge in [0.25, 0.3) is 0 Å². The van der Waals surface area contributed by atoms with Crippen molar-refractivity contribution in [1.82, 2.24) is 0 Å². The van der Waals surface area contributed by atoms with E-state index in [1.54, 1.807) is 0 Å². The van der Waals surface area contributed by atoms with Gasteiger partial charge in [0, 0.05) is 11.7 Å². The van der Waals surface area contributed by atoms with E-state index in [1.165, 1.54) is 37.8 Å². The maximum absolute atomic E-state index is 3.73. The van der Waals surface area contributed by atoms with E-state index in [4.69, 9.17) is 0 Å². The van der Waals surface area contributed by atoms with Gasteiger partial charge in [-0.25, -0.2) is 0 Å². The summed E-state index contributed by atoms with van der Waals surface area (Å²) in [4.78, 5) is 0. The molecule has 0 spiro atoms. The first-order chi connectivity index (χ1) is 8.43. The second kappa shape index (κ2) is 4.95. The lowest BCUT2D eigenvalue weighted by Crippen LogP contribution is -2.37. The third-order valence-corrected chi connectivity index (χ3v) is 4.29. The highest BCUT2D eigenvalue weighted by Gasteiger charge is 2.32. The van der Waals surface area contributed by atoms with Crippen molar-refractivity contribution in [3.05, 3.63) is 42.5 Å². The summed E-state index contributed by atoms with van der Waals surface area (Å²) in [6.07, 6.45) is 11.7. The highest BCUT2D eigenvalue weighted by molar-refractivity contribution is 5.44. The van der Waals surface area contributed by atoms with Gasteiger partial charge in [-0.3, -0.25) is 0 Å². The van der Waals surface area contributed by atoms with Gasteiger partial charge in [-0.2, -0.15) is 0 Å². The van der Waals surface area contributed by atoms with Crippen LogP contribution in [-0.2, 0) is 0 Å². The van der Waals surface area contributed by atoms with Crippen LogP contribution < -0.4 is 5.32 Å². The third-order valence-electron chi connectivity index (χ3n) is 4.29. The second-order valence-corrected chi connectivity index (χ2v) is 5.39. The van der Waals surface area contributed by atoms with Crippen LogP contribution in [0.2, 0.25) is 0 Å². The minimum atomic E-state index is 0.646. The zero-order valence-corrected chi connectivity index (χ0v) is 10.3. The quantitative estimate of drug-likeness (QED) is 0.745. The molecule has 2 aliphatic rings. The average molecular weight is 227 g/mol. The molecule has 1 fully saturated rings. The molecular weight excluding hydrogens is 206 g/mol. The lowest BCUT2D eigenvalue weighted by atomic mass is 9.71. The summed E-state index contributed by atoms with van der Waals surface area (Å²) in [6, 6.07) is 11.3. The Morgan fingerprint density at radius 2 is 1.88 bits per heavy atom. The molecular formula is C16H21N. The Bertz CT molecular complexity index is 382. The minimum Gasteiger partial charge on any atom is -0.382 e. The van der Waals surface area contributed by atoms with Crippen LogP contribution in [0.25, 0.3) is 0 Å². The van der Waals surface area contributed by atoms with Crippen molar-refractivity contribution >= 4 is 5.69 Å². The van der Waals surface area contributed by atoms with Crippen LogP contribution in [0.4, 0.5) is 5.69 Å². The summed E-state index contributed by atoms with van der Waals surface area (Å²) in [6.45, 7) is 0. The summed E-state index contributed by atoms with van der Waals surface area (Å²) < 4.78 is 0. The zero-order chi connectivity index (χ0) is 11.5. The Balaban J connectivity index is 1.73. The standard InChI is InChI=1S/C16H21N/c1-2-9-14(10-3-1)17-16-12-6-8-13-7-4-5-11-15(13)16/h1-3,5,9-11,13,15-17H,4,6-8,12H2/t13-,15?,16?/m1/s1. The molecule has 1 aromatic carbocycles. The van der Waals surface area contributed by atoms with Gasteiger partial charge in [-0.05, 0) is 49.7 Å². The summed E-state index contributed by atoms with van der Waals surface area (Å²) >= 11 is 0. The van der Waals surface area contributed by atoms with Gasteiger partial charge in [-0.1, -0.05) is 36.8 Å². The molecule has 3 atom stereocenters. The van der Waals surface area contributed by atoms with Gasteiger partial charge in [-0.15, -0.1) is 0 Å². The van der Waals surface area contributed by atoms with Gasteiger partial charge < -0.3 is 5.32 Å². The molecule has 0 aromatic heterocycles. The summed E-state index contributed by atoms with van der Waals surface area (Å²) in [7, 11) is 0. The number of hydrogen-bond donors (Lipinski definition) is 1. The van der Waals surface area contributed by atoms with Crippen LogP contribution in [0, 0.1) is 11.8 Å². The first-order valence-electron chi connectivity index (χ1n) is 6.92. The zero-order valence-electron chi connectivity index (χ0n) is 10.3. The number of allylic oxidation sites excluding steroid dienone is 1. The number of benzene rings is 1. The lowest BCUT2D eigenvalue weighted by molar-refractivity contribution is 0.239. The van der Waals surface area contributed by atoms with Crippen LogP contribution in [0.15, 0.2) is 42.5 Å². The predicted molar refractivity (Wildman–Crippen MR) is 73.1 cm³/mol. The molecule has 2 aliphatic carbocycles. The SMILES string of the molecule is C1=CC2C(Nc3ccccc3)CCC[C@H]2CC1. The van der Waals surface area contributed by atoms with Crippen molar-refractivity contribution in [2.45, 2.75) is 38.1 Å². The Kier molecular flexibility index (Phi) is 3.17. The van der Waals surface area contributed by atoms with Gasteiger partial charge in [0.05, 0.1) is 0 Å². The summed E-state index contributed by atoms with van der Waals surface area (Å²) in [5.74, 6) is 1.69. The molecule has 1 heteroatoms. The molecule has 0 radical (unpaired) electrons. The molecule has 1 nitrogen and oxygen atoms in total. The van der Waals surface area contributed by atoms with E-state index < -0.39 is 0 Å². The monoisotopic (exact) mass is 227 g/mol. The summed E-state index contributed by atoms with van der Waals surface area (Å²) in [5.41, 5.74) is 1.28. The van der Waals surface area contributed by atoms with Crippen molar-refractivity contribution < 1.29 is 0 Å². The second-order valence-electron chi connectivity index (χ2n) is 5.39. The molecule has 0 bridgehead atoms. The van der Waals surface area contributed by atoms with Crippen molar-refractivity contribution in [1.29, 1.82) is 0 Å². The van der Waals surface area contributed by atoms with Crippen LogP contribution in [0.1, 0.15) is 32.1 Å². The number of hydrogen-bond acceptors (Lipinski definition) is 1. The highest BCUT2D eigenvalue weighted by Crippen LogP contribution is 2.38. The Labute approximate surface area is 104 Å². The Morgan fingerprint density at radius 1 is 1.00 bits per heavy atom. The average Bonchev–Trinajstić information content (AvgIpc) is 2.40. The molecule has 0 heterocycles. The number of para-hydroxylation sites is 1. The Morgan fingerprint density at radius 3 is 2.76 bits per heavy atom. The molecule has 1 aromatic rings. The highest BCUT2D eigenvalue weighted by atomic mass is 14.9. The van der Waals surface area contributed by atoms with Crippen LogP contribution >= 0.6 is 0 Å². The van der Waals surface area contributed by atoms with E-state index in [0.29, 0.717) is 6.04 Å². The predicted octanol–water partition coefficient (Wildman–Crippen LogP) is 4.23. The number of fused-ring (bicyclic) bond motifs is 1. The summed E-state index contributed by atoms with van der Waals surface area (Å²) in [5, 5.41) is 3.73. The fourth-order valence-corrected chi connectivity index (χ4v) is 3.42. The van der Waals surface area contributed by atoms with E-state index in [9.17, 15) is 0 Å². The molecule has 1 N–H and O–H groups in total. The minimum absolute atomic E-state index is 0.646.